The monoisotopic (exact) mass is 341 g/mol. The van der Waals surface area contributed by atoms with E-state index < -0.39 is 0 Å². The summed E-state index contributed by atoms with van der Waals surface area (Å²) in [5, 5.41) is 5.88. The standard InChI is InChI=1S/C14H16ClN3OS2/c1-16-6-9-4-5-18(7-9)14(19)10-8-20-13(17-10)11-2-3-12(15)21-11/h2-3,8-9,16H,4-7H2,1H3. The van der Waals surface area contributed by atoms with Crippen molar-refractivity contribution in [2.45, 2.75) is 6.42 Å². The SMILES string of the molecule is CNCC1CCN(C(=O)c2csc(-c3ccc(Cl)s3)n2)C1. The number of amides is 1. The number of carbonyl (C=O) groups is 1. The molecule has 112 valence electrons. The van der Waals surface area contributed by atoms with E-state index in [-0.39, 0.29) is 5.91 Å². The number of nitrogens with zero attached hydrogens (tertiary/aromatic N) is 2. The number of thiophene rings is 1. The molecule has 1 aliphatic rings. The summed E-state index contributed by atoms with van der Waals surface area (Å²) in [4.78, 5) is 19.9. The molecule has 1 fully saturated rings. The predicted molar refractivity (Wildman–Crippen MR) is 88.4 cm³/mol. The normalized spacial score (nSPS) is 18.4. The first-order chi connectivity index (χ1) is 10.2. The lowest BCUT2D eigenvalue weighted by atomic mass is 10.1. The van der Waals surface area contributed by atoms with Crippen LogP contribution in [0.1, 0.15) is 16.9 Å². The molecule has 0 aromatic carbocycles. The Hall–Kier alpha value is -0.950. The average molecular weight is 342 g/mol. The molecule has 3 heterocycles. The van der Waals surface area contributed by atoms with E-state index in [9.17, 15) is 4.79 Å². The van der Waals surface area contributed by atoms with Crippen LogP contribution < -0.4 is 5.32 Å². The maximum absolute atomic E-state index is 12.5. The Bertz CT molecular complexity index is 640. The maximum Gasteiger partial charge on any atom is 0.273 e. The lowest BCUT2D eigenvalue weighted by Crippen LogP contribution is -2.30. The molecular weight excluding hydrogens is 326 g/mol. The van der Waals surface area contributed by atoms with Crippen molar-refractivity contribution >= 4 is 40.2 Å². The van der Waals surface area contributed by atoms with Gasteiger partial charge in [0, 0.05) is 18.5 Å². The molecule has 0 aliphatic carbocycles. The third-order valence-corrected chi connectivity index (χ3v) is 5.82. The highest BCUT2D eigenvalue weighted by Gasteiger charge is 2.27. The van der Waals surface area contributed by atoms with E-state index in [0.717, 1.165) is 40.3 Å². The van der Waals surface area contributed by atoms with Crippen molar-refractivity contribution in [1.29, 1.82) is 0 Å². The number of hydrogen-bond acceptors (Lipinski definition) is 5. The fourth-order valence-corrected chi connectivity index (χ4v) is 4.46. The Morgan fingerprint density at radius 3 is 3.14 bits per heavy atom. The molecule has 3 rings (SSSR count). The van der Waals surface area contributed by atoms with Crippen molar-refractivity contribution in [3.8, 4) is 9.88 Å². The van der Waals surface area contributed by atoms with Gasteiger partial charge in [0.05, 0.1) is 9.21 Å². The first-order valence-electron chi connectivity index (χ1n) is 6.82. The molecule has 0 spiro atoms. The van der Waals surface area contributed by atoms with Gasteiger partial charge in [0.2, 0.25) is 0 Å². The van der Waals surface area contributed by atoms with Crippen LogP contribution in [-0.2, 0) is 0 Å². The molecule has 0 bridgehead atoms. The molecule has 0 saturated carbocycles. The molecule has 1 atom stereocenters. The van der Waals surface area contributed by atoms with Gasteiger partial charge < -0.3 is 10.2 Å². The second-order valence-electron chi connectivity index (χ2n) is 5.11. The zero-order chi connectivity index (χ0) is 14.8. The van der Waals surface area contributed by atoms with Gasteiger partial charge in [0.15, 0.2) is 0 Å². The van der Waals surface area contributed by atoms with Gasteiger partial charge >= 0.3 is 0 Å². The van der Waals surface area contributed by atoms with Crippen LogP contribution in [0.2, 0.25) is 4.34 Å². The molecule has 1 saturated heterocycles. The average Bonchev–Trinajstić information content (AvgIpc) is 3.17. The molecule has 1 N–H and O–H groups in total. The minimum Gasteiger partial charge on any atom is -0.337 e. The third kappa shape index (κ3) is 3.29. The zero-order valence-corrected chi connectivity index (χ0v) is 14.0. The lowest BCUT2D eigenvalue weighted by molar-refractivity contribution is 0.0782. The summed E-state index contributed by atoms with van der Waals surface area (Å²) in [6.45, 7) is 2.60. The Morgan fingerprint density at radius 1 is 1.57 bits per heavy atom. The number of thiazole rings is 1. The van der Waals surface area contributed by atoms with Crippen molar-refractivity contribution in [3.63, 3.8) is 0 Å². The number of likely N-dealkylation sites (tertiary alicyclic amines) is 1. The smallest absolute Gasteiger partial charge is 0.273 e. The first kappa shape index (κ1) is 15.0. The molecule has 2 aromatic heterocycles. The minimum atomic E-state index is 0.0405. The van der Waals surface area contributed by atoms with Crippen molar-refractivity contribution in [3.05, 3.63) is 27.5 Å². The molecule has 4 nitrogen and oxygen atoms in total. The summed E-state index contributed by atoms with van der Waals surface area (Å²) < 4.78 is 0.738. The van der Waals surface area contributed by atoms with E-state index in [1.54, 1.807) is 0 Å². The summed E-state index contributed by atoms with van der Waals surface area (Å²) in [6.07, 6.45) is 1.06. The fourth-order valence-electron chi connectivity index (χ4n) is 2.55. The third-order valence-electron chi connectivity index (χ3n) is 3.57. The Morgan fingerprint density at radius 2 is 2.43 bits per heavy atom. The summed E-state index contributed by atoms with van der Waals surface area (Å²) in [5.74, 6) is 0.590. The summed E-state index contributed by atoms with van der Waals surface area (Å²) in [6, 6.07) is 3.80. The van der Waals surface area contributed by atoms with Crippen LogP contribution in [0.5, 0.6) is 0 Å². The minimum absolute atomic E-state index is 0.0405. The summed E-state index contributed by atoms with van der Waals surface area (Å²) >= 11 is 8.92. The lowest BCUT2D eigenvalue weighted by Gasteiger charge is -2.14. The van der Waals surface area contributed by atoms with Crippen LogP contribution in [-0.4, -0.2) is 42.5 Å². The fraction of sp³-hybridized carbons (Fsp3) is 0.429. The molecule has 1 unspecified atom stereocenters. The van der Waals surface area contributed by atoms with Crippen LogP contribution in [0.4, 0.5) is 0 Å². The summed E-state index contributed by atoms with van der Waals surface area (Å²) in [5.41, 5.74) is 0.546. The highest BCUT2D eigenvalue weighted by atomic mass is 35.5. The van der Waals surface area contributed by atoms with E-state index in [2.05, 4.69) is 10.3 Å². The van der Waals surface area contributed by atoms with Gasteiger partial charge in [-0.1, -0.05) is 11.6 Å². The highest BCUT2D eigenvalue weighted by molar-refractivity contribution is 7.23. The predicted octanol–water partition coefficient (Wildman–Crippen LogP) is 3.21. The van der Waals surface area contributed by atoms with E-state index in [1.807, 2.05) is 29.5 Å². The van der Waals surface area contributed by atoms with Crippen LogP contribution in [0.25, 0.3) is 9.88 Å². The number of rotatable bonds is 4. The van der Waals surface area contributed by atoms with Gasteiger partial charge in [-0.15, -0.1) is 22.7 Å². The van der Waals surface area contributed by atoms with Gasteiger partial charge in [0.1, 0.15) is 10.7 Å². The van der Waals surface area contributed by atoms with Crippen LogP contribution in [0, 0.1) is 5.92 Å². The number of hydrogen-bond donors (Lipinski definition) is 1. The molecule has 7 heteroatoms. The second-order valence-corrected chi connectivity index (χ2v) is 7.68. The van der Waals surface area contributed by atoms with E-state index in [0.29, 0.717) is 11.6 Å². The molecule has 1 amide bonds. The molecule has 21 heavy (non-hydrogen) atoms. The van der Waals surface area contributed by atoms with Crippen molar-refractivity contribution in [2.75, 3.05) is 26.7 Å². The molecule has 1 aliphatic heterocycles. The van der Waals surface area contributed by atoms with E-state index >= 15 is 0 Å². The van der Waals surface area contributed by atoms with Crippen LogP contribution in [0.3, 0.4) is 0 Å². The highest BCUT2D eigenvalue weighted by Crippen LogP contribution is 2.33. The van der Waals surface area contributed by atoms with Crippen molar-refractivity contribution < 1.29 is 4.79 Å². The Labute approximate surface area is 136 Å². The van der Waals surface area contributed by atoms with Gasteiger partial charge in [0.25, 0.3) is 5.91 Å². The van der Waals surface area contributed by atoms with Crippen molar-refractivity contribution in [2.24, 2.45) is 5.92 Å². The maximum atomic E-state index is 12.5. The number of halogens is 1. The van der Waals surface area contributed by atoms with Gasteiger partial charge in [-0.3, -0.25) is 4.79 Å². The van der Waals surface area contributed by atoms with Gasteiger partial charge in [-0.2, -0.15) is 0 Å². The van der Waals surface area contributed by atoms with E-state index in [4.69, 9.17) is 11.6 Å². The van der Waals surface area contributed by atoms with Crippen LogP contribution in [0.15, 0.2) is 17.5 Å². The van der Waals surface area contributed by atoms with Gasteiger partial charge in [-0.25, -0.2) is 4.98 Å². The number of nitrogens with one attached hydrogen (secondary N) is 1. The Kier molecular flexibility index (Phi) is 4.59. The number of carbonyl (C=O) groups excluding carboxylic acids is 1. The Balaban J connectivity index is 1.70. The number of aromatic nitrogens is 1. The second kappa shape index (κ2) is 6.44. The van der Waals surface area contributed by atoms with Crippen molar-refractivity contribution in [1.82, 2.24) is 15.2 Å². The summed E-state index contributed by atoms with van der Waals surface area (Å²) in [7, 11) is 1.95. The topological polar surface area (TPSA) is 45.2 Å². The van der Waals surface area contributed by atoms with Gasteiger partial charge in [-0.05, 0) is 38.1 Å². The van der Waals surface area contributed by atoms with Crippen LogP contribution >= 0.6 is 34.3 Å². The largest absolute Gasteiger partial charge is 0.337 e. The molecular formula is C14H16ClN3OS2. The molecule has 2 aromatic rings. The quantitative estimate of drug-likeness (QED) is 0.928. The molecule has 0 radical (unpaired) electrons. The zero-order valence-electron chi connectivity index (χ0n) is 11.6. The first-order valence-corrected chi connectivity index (χ1v) is 8.90. The van der Waals surface area contributed by atoms with E-state index in [1.165, 1.54) is 22.7 Å².